The van der Waals surface area contributed by atoms with Gasteiger partial charge in [-0.15, -0.1) is 0 Å². The fraction of sp³-hybridized carbons (Fsp3) is 0.333. The van der Waals surface area contributed by atoms with Gasteiger partial charge in [-0.3, -0.25) is 12.1 Å². The van der Waals surface area contributed by atoms with Crippen LogP contribution in [0.4, 0.5) is 0 Å². The molecule has 0 fully saturated rings. The largest absolute Gasteiger partial charge is 3.00 e. The predicted octanol–water partition coefficient (Wildman–Crippen LogP) is -8.73. The molecular weight excluding hydrogens is 305 g/mol. The minimum absolute atomic E-state index is 0. The van der Waals surface area contributed by atoms with E-state index in [-0.39, 0.29) is 54.5 Å². The molecule has 7 nitrogen and oxygen atoms in total. The van der Waals surface area contributed by atoms with E-state index in [0.717, 1.165) is 0 Å². The molecule has 0 heterocycles. The van der Waals surface area contributed by atoms with E-state index in [0.29, 0.717) is 0 Å². The van der Waals surface area contributed by atoms with Crippen molar-refractivity contribution in [3.63, 3.8) is 0 Å². The van der Waals surface area contributed by atoms with Crippen molar-refractivity contribution in [2.45, 2.75) is 6.42 Å². The standard InChI is InChI=1S/C3H4O4.BO3.La.Li/c4-2(5)1-3(6)7;2-1(3)4;;/h1H2,(H,4,5)(H,6,7);;;/q;-3;+3;+1/p-1. The number of carbonyl (C=O) groups is 2. The van der Waals surface area contributed by atoms with Gasteiger partial charge in [0.05, 0.1) is 12.4 Å². The van der Waals surface area contributed by atoms with E-state index in [9.17, 15) is 14.7 Å². The van der Waals surface area contributed by atoms with Crippen LogP contribution in [0.2, 0.25) is 0 Å². The molecule has 0 aliphatic carbocycles. The van der Waals surface area contributed by atoms with Gasteiger partial charge in [-0.05, 0) is 0 Å². The molecule has 0 aliphatic heterocycles. The first-order valence-electron chi connectivity index (χ1n) is 2.25. The third kappa shape index (κ3) is 66.1. The zero-order chi connectivity index (χ0) is 9.44. The summed E-state index contributed by atoms with van der Waals surface area (Å²) in [5, 5.41) is 42.2. The summed E-state index contributed by atoms with van der Waals surface area (Å²) in [6, 6.07) is 0. The van der Waals surface area contributed by atoms with Crippen LogP contribution < -0.4 is 39.0 Å². The molecule has 0 amide bonds. The summed E-state index contributed by atoms with van der Waals surface area (Å²) in [6.45, 7) is 0. The third-order valence-electron chi connectivity index (χ3n) is 0.296. The van der Waals surface area contributed by atoms with Gasteiger partial charge >= 0.3 is 60.4 Å². The molecule has 0 spiro atoms. The van der Waals surface area contributed by atoms with Crippen LogP contribution in [0.1, 0.15) is 6.42 Å². The second kappa shape index (κ2) is 15.2. The van der Waals surface area contributed by atoms with Crippen molar-refractivity contribution in [3.8, 4) is 0 Å². The monoisotopic (exact) mass is 308 g/mol. The maximum atomic E-state index is 9.39. The summed E-state index contributed by atoms with van der Waals surface area (Å²) in [7, 11) is -2.92. The average Bonchev–Trinajstić information content (AvgIpc) is 1.56. The first-order chi connectivity index (χ1) is 4.86. The number of hydrogen-bond donors (Lipinski definition) is 1. The maximum Gasteiger partial charge on any atom is 3.00 e. The number of rotatable bonds is 2. The van der Waals surface area contributed by atoms with E-state index < -0.39 is 25.7 Å². The Morgan fingerprint density at radius 2 is 1.46 bits per heavy atom. The Bertz CT molecular complexity index is 127. The van der Waals surface area contributed by atoms with E-state index in [1.807, 2.05) is 0 Å². The van der Waals surface area contributed by atoms with Crippen LogP contribution in [0.25, 0.3) is 0 Å². The Hall–Kier alpha value is 0.677. The van der Waals surface area contributed by atoms with E-state index in [1.54, 1.807) is 0 Å². The Labute approximate surface area is 114 Å². The molecule has 0 saturated carbocycles. The summed E-state index contributed by atoms with van der Waals surface area (Å²) < 4.78 is 0. The first kappa shape index (κ1) is 23.5. The molecule has 0 rings (SSSR count). The number of carbonyl (C=O) groups excluding carboxylic acids is 1. The minimum atomic E-state index is -2.92. The summed E-state index contributed by atoms with van der Waals surface area (Å²) in [4.78, 5) is 18.7. The smallest absolute Gasteiger partial charge is 0.907 e. The van der Waals surface area contributed by atoms with Crippen LogP contribution in [0.15, 0.2) is 0 Å². The van der Waals surface area contributed by atoms with E-state index in [1.165, 1.54) is 0 Å². The molecule has 0 bridgehead atoms. The van der Waals surface area contributed by atoms with Gasteiger partial charge < -0.3 is 30.1 Å². The van der Waals surface area contributed by atoms with Crippen LogP contribution in [0, 0.1) is 35.6 Å². The first-order valence-corrected chi connectivity index (χ1v) is 2.25. The van der Waals surface area contributed by atoms with Crippen molar-refractivity contribution in [1.82, 2.24) is 0 Å². The Kier molecular flexibility index (Phi) is 27.4. The van der Waals surface area contributed by atoms with Crippen LogP contribution >= 0.6 is 0 Å². The molecule has 0 radical (unpaired) electrons. The molecule has 0 saturated heterocycles. The van der Waals surface area contributed by atoms with Crippen molar-refractivity contribution in [2.24, 2.45) is 0 Å². The van der Waals surface area contributed by atoms with Gasteiger partial charge in [-0.25, -0.2) is 0 Å². The molecule has 64 valence electrons. The van der Waals surface area contributed by atoms with Gasteiger partial charge in [-0.1, -0.05) is 0 Å². The second-order valence-corrected chi connectivity index (χ2v) is 1.23. The topological polar surface area (TPSA) is 147 Å². The minimum Gasteiger partial charge on any atom is -0.907 e. The average molecular weight is 308 g/mol. The zero-order valence-corrected chi connectivity index (χ0v) is 10.4. The number of aliphatic carboxylic acids is 2. The Balaban J connectivity index is -0.0000000600. The van der Waals surface area contributed by atoms with E-state index in [2.05, 4.69) is 0 Å². The summed E-state index contributed by atoms with van der Waals surface area (Å²) >= 11 is 0. The molecule has 0 atom stereocenters. The van der Waals surface area contributed by atoms with Gasteiger partial charge in [0, 0.05) is 0 Å². The van der Waals surface area contributed by atoms with Gasteiger partial charge in [0.2, 0.25) is 0 Å². The van der Waals surface area contributed by atoms with Crippen LogP contribution in [-0.4, -0.2) is 24.4 Å². The Morgan fingerprint density at radius 1 is 1.23 bits per heavy atom. The number of carboxylic acid groups (broad SMARTS) is 2. The molecule has 0 aromatic rings. The fourth-order valence-corrected chi connectivity index (χ4v) is 0.123. The zero-order valence-electron chi connectivity index (χ0n) is 6.76. The van der Waals surface area contributed by atoms with E-state index in [4.69, 9.17) is 20.2 Å². The number of carboxylic acids is 2. The molecule has 0 aromatic heterocycles. The van der Waals surface area contributed by atoms with Crippen LogP contribution in [-0.2, 0) is 9.59 Å². The normalized spacial score (nSPS) is 6.38. The molecule has 1 N–H and O–H groups in total. The predicted molar refractivity (Wildman–Crippen MR) is 23.0 cm³/mol. The second-order valence-electron chi connectivity index (χ2n) is 1.23. The van der Waals surface area contributed by atoms with Crippen LogP contribution in [0.3, 0.4) is 0 Å². The molecular formula is C3H3BLaLiO7. The molecule has 0 aromatic carbocycles. The SMILES string of the molecule is O=C([O-])CC(=O)O.[La+3].[Li+].[O-]B([O-])[O-]. The van der Waals surface area contributed by atoms with Crippen LogP contribution in [0.5, 0.6) is 0 Å². The summed E-state index contributed by atoms with van der Waals surface area (Å²) in [5.41, 5.74) is 0. The molecule has 13 heavy (non-hydrogen) atoms. The summed E-state index contributed by atoms with van der Waals surface area (Å²) in [6.07, 6.45) is -0.917. The maximum absolute atomic E-state index is 9.39. The van der Waals surface area contributed by atoms with Crippen molar-refractivity contribution >= 4 is 19.3 Å². The van der Waals surface area contributed by atoms with Gasteiger partial charge in [0.1, 0.15) is 0 Å². The number of hydrogen-bond acceptors (Lipinski definition) is 6. The van der Waals surface area contributed by atoms with Crippen molar-refractivity contribution in [3.05, 3.63) is 0 Å². The van der Waals surface area contributed by atoms with Crippen molar-refractivity contribution in [2.75, 3.05) is 0 Å². The van der Waals surface area contributed by atoms with E-state index >= 15 is 0 Å². The van der Waals surface area contributed by atoms with Gasteiger partial charge in [-0.2, -0.15) is 0 Å². The van der Waals surface area contributed by atoms with Gasteiger partial charge in [0.25, 0.3) is 0 Å². The molecule has 0 aliphatic rings. The quantitative estimate of drug-likeness (QED) is 0.393. The fourth-order valence-electron chi connectivity index (χ4n) is 0.123. The van der Waals surface area contributed by atoms with Gasteiger partial charge in [0.15, 0.2) is 0 Å². The summed E-state index contributed by atoms with van der Waals surface area (Å²) in [5.74, 6) is -2.94. The van der Waals surface area contributed by atoms with Crippen molar-refractivity contribution in [1.29, 1.82) is 0 Å². The van der Waals surface area contributed by atoms with Crippen molar-refractivity contribution < 1.29 is 89.3 Å². The molecule has 10 heteroatoms. The Morgan fingerprint density at radius 3 is 1.46 bits per heavy atom. The molecule has 0 unspecified atom stereocenters. The third-order valence-corrected chi connectivity index (χ3v) is 0.296.